The largest absolute Gasteiger partial charge is 0.363 e. The predicted molar refractivity (Wildman–Crippen MR) is 62.6 cm³/mol. The minimum atomic E-state index is 0.836. The van der Waals surface area contributed by atoms with Crippen LogP contribution < -0.4 is 5.32 Å². The molecule has 1 aromatic heterocycles. The van der Waals surface area contributed by atoms with E-state index in [1.165, 1.54) is 0 Å². The first-order valence-corrected chi connectivity index (χ1v) is 5.68. The van der Waals surface area contributed by atoms with Gasteiger partial charge in [0.15, 0.2) is 0 Å². The molecule has 3 nitrogen and oxygen atoms in total. The van der Waals surface area contributed by atoms with E-state index in [1.807, 2.05) is 31.3 Å². The molecule has 14 heavy (non-hydrogen) atoms. The predicted octanol–water partition coefficient (Wildman–Crippen LogP) is 3.01. The van der Waals surface area contributed by atoms with Gasteiger partial charge >= 0.3 is 0 Å². The molecule has 1 aromatic carbocycles. The fraction of sp³-hybridized carbons (Fsp3) is 0.111. The Morgan fingerprint density at radius 1 is 1.21 bits per heavy atom. The van der Waals surface area contributed by atoms with Gasteiger partial charge in [-0.2, -0.15) is 0 Å². The Balaban J connectivity index is 2.34. The number of rotatable bonds is 2. The van der Waals surface area contributed by atoms with Crippen molar-refractivity contribution in [2.24, 2.45) is 0 Å². The Labute approximate surface area is 94.3 Å². The summed E-state index contributed by atoms with van der Waals surface area (Å²) >= 11 is 4.94. The van der Waals surface area contributed by atoms with E-state index in [0.717, 1.165) is 20.2 Å². The number of hydrogen-bond donors (Lipinski definition) is 1. The van der Waals surface area contributed by atoms with Crippen molar-refractivity contribution in [2.45, 2.75) is 0 Å². The highest BCUT2D eigenvalue weighted by molar-refractivity contribution is 9.10. The molecule has 72 valence electrons. The summed E-state index contributed by atoms with van der Waals surface area (Å²) in [6.07, 6.45) is 0. The number of hydrogen-bond acceptors (Lipinski definition) is 4. The topological polar surface area (TPSA) is 37.8 Å². The van der Waals surface area contributed by atoms with Gasteiger partial charge in [0.1, 0.15) is 5.01 Å². The van der Waals surface area contributed by atoms with E-state index >= 15 is 0 Å². The van der Waals surface area contributed by atoms with Crippen molar-refractivity contribution >= 4 is 32.4 Å². The Kier molecular flexibility index (Phi) is 2.79. The summed E-state index contributed by atoms with van der Waals surface area (Å²) < 4.78 is 1.07. The average Bonchev–Trinajstić information content (AvgIpc) is 2.67. The Morgan fingerprint density at radius 3 is 2.50 bits per heavy atom. The van der Waals surface area contributed by atoms with Gasteiger partial charge in [-0.25, -0.2) is 0 Å². The van der Waals surface area contributed by atoms with Gasteiger partial charge in [-0.15, -0.1) is 10.2 Å². The van der Waals surface area contributed by atoms with Crippen LogP contribution in [-0.2, 0) is 0 Å². The van der Waals surface area contributed by atoms with Crippen molar-refractivity contribution in [3.8, 4) is 10.6 Å². The molecule has 0 unspecified atom stereocenters. The summed E-state index contributed by atoms with van der Waals surface area (Å²) in [5, 5.41) is 12.8. The van der Waals surface area contributed by atoms with Gasteiger partial charge in [-0.1, -0.05) is 39.4 Å². The number of nitrogens with one attached hydrogen (secondary N) is 1. The van der Waals surface area contributed by atoms with Crippen LogP contribution in [0, 0.1) is 0 Å². The third-order valence-corrected chi connectivity index (χ3v) is 3.25. The summed E-state index contributed by atoms with van der Waals surface area (Å²) in [5.74, 6) is 0. The van der Waals surface area contributed by atoms with Crippen molar-refractivity contribution in [1.29, 1.82) is 0 Å². The van der Waals surface area contributed by atoms with Crippen LogP contribution >= 0.6 is 27.3 Å². The van der Waals surface area contributed by atoms with Crippen molar-refractivity contribution in [2.75, 3.05) is 12.4 Å². The van der Waals surface area contributed by atoms with E-state index in [1.54, 1.807) is 11.3 Å². The van der Waals surface area contributed by atoms with Gasteiger partial charge < -0.3 is 5.32 Å². The summed E-state index contributed by atoms with van der Waals surface area (Å²) in [7, 11) is 1.84. The number of anilines is 1. The first-order chi connectivity index (χ1) is 6.79. The van der Waals surface area contributed by atoms with Gasteiger partial charge in [0.05, 0.1) is 0 Å². The molecule has 0 fully saturated rings. The molecule has 0 spiro atoms. The lowest BCUT2D eigenvalue weighted by Crippen LogP contribution is -1.84. The van der Waals surface area contributed by atoms with E-state index in [4.69, 9.17) is 0 Å². The SMILES string of the molecule is CNc1nnc(-c2ccc(Br)cc2)s1. The second-order valence-corrected chi connectivity index (χ2v) is 4.56. The van der Waals surface area contributed by atoms with E-state index < -0.39 is 0 Å². The molecule has 0 bridgehead atoms. The van der Waals surface area contributed by atoms with Crippen LogP contribution in [0.15, 0.2) is 28.7 Å². The molecule has 0 aliphatic rings. The molecule has 0 aliphatic carbocycles. The smallest absolute Gasteiger partial charge is 0.205 e. The average molecular weight is 270 g/mol. The molecule has 5 heteroatoms. The van der Waals surface area contributed by atoms with E-state index in [2.05, 4.69) is 31.4 Å². The first-order valence-electron chi connectivity index (χ1n) is 4.07. The van der Waals surface area contributed by atoms with Crippen LogP contribution in [0.3, 0.4) is 0 Å². The quantitative estimate of drug-likeness (QED) is 0.911. The molecule has 0 atom stereocenters. The standard InChI is InChI=1S/C9H8BrN3S/c1-11-9-13-12-8(14-9)6-2-4-7(10)5-3-6/h2-5H,1H3,(H,11,13). The van der Waals surface area contributed by atoms with Gasteiger partial charge in [0.25, 0.3) is 0 Å². The van der Waals surface area contributed by atoms with Crippen LogP contribution in [-0.4, -0.2) is 17.2 Å². The fourth-order valence-corrected chi connectivity index (χ4v) is 2.00. The molecule has 1 heterocycles. The fourth-order valence-electron chi connectivity index (χ4n) is 1.03. The van der Waals surface area contributed by atoms with Crippen molar-refractivity contribution in [3.63, 3.8) is 0 Å². The molecule has 0 saturated carbocycles. The van der Waals surface area contributed by atoms with Crippen molar-refractivity contribution in [1.82, 2.24) is 10.2 Å². The minimum absolute atomic E-state index is 0.836. The minimum Gasteiger partial charge on any atom is -0.363 e. The number of benzene rings is 1. The van der Waals surface area contributed by atoms with Crippen molar-refractivity contribution in [3.05, 3.63) is 28.7 Å². The maximum absolute atomic E-state index is 4.08. The van der Waals surface area contributed by atoms with Crippen molar-refractivity contribution < 1.29 is 0 Å². The molecule has 2 rings (SSSR count). The van der Waals surface area contributed by atoms with Gasteiger partial charge in [-0.3, -0.25) is 0 Å². The second-order valence-electron chi connectivity index (χ2n) is 2.67. The molecule has 0 aliphatic heterocycles. The normalized spacial score (nSPS) is 10.1. The highest BCUT2D eigenvalue weighted by Gasteiger charge is 2.04. The van der Waals surface area contributed by atoms with E-state index in [-0.39, 0.29) is 0 Å². The molecule has 0 amide bonds. The Morgan fingerprint density at radius 2 is 1.93 bits per heavy atom. The molecule has 2 aromatic rings. The zero-order valence-corrected chi connectivity index (χ0v) is 9.89. The molecule has 0 saturated heterocycles. The van der Waals surface area contributed by atoms with E-state index in [0.29, 0.717) is 0 Å². The zero-order valence-electron chi connectivity index (χ0n) is 7.49. The first kappa shape index (κ1) is 9.61. The lowest BCUT2D eigenvalue weighted by molar-refractivity contribution is 1.09. The Bertz CT molecular complexity index is 424. The maximum Gasteiger partial charge on any atom is 0.205 e. The van der Waals surface area contributed by atoms with Crippen LogP contribution in [0.25, 0.3) is 10.6 Å². The maximum atomic E-state index is 4.08. The molecular weight excluding hydrogens is 262 g/mol. The third-order valence-electron chi connectivity index (χ3n) is 1.73. The summed E-state index contributed by atoms with van der Waals surface area (Å²) in [6.45, 7) is 0. The highest BCUT2D eigenvalue weighted by Crippen LogP contribution is 2.26. The second kappa shape index (κ2) is 4.06. The third kappa shape index (κ3) is 1.93. The van der Waals surface area contributed by atoms with Crippen LogP contribution in [0.1, 0.15) is 0 Å². The number of aromatic nitrogens is 2. The van der Waals surface area contributed by atoms with Crippen LogP contribution in [0.5, 0.6) is 0 Å². The summed E-state index contributed by atoms with van der Waals surface area (Å²) in [4.78, 5) is 0. The highest BCUT2D eigenvalue weighted by atomic mass is 79.9. The number of nitrogens with zero attached hydrogens (tertiary/aromatic N) is 2. The molecule has 1 N–H and O–H groups in total. The molecule has 0 radical (unpaired) electrons. The Hall–Kier alpha value is -0.940. The van der Waals surface area contributed by atoms with Gasteiger partial charge in [-0.05, 0) is 12.1 Å². The lowest BCUT2D eigenvalue weighted by Gasteiger charge is -1.94. The van der Waals surface area contributed by atoms with Crippen LogP contribution in [0.4, 0.5) is 5.13 Å². The zero-order chi connectivity index (χ0) is 9.97. The van der Waals surface area contributed by atoms with Crippen LogP contribution in [0.2, 0.25) is 0 Å². The van der Waals surface area contributed by atoms with Gasteiger partial charge in [0.2, 0.25) is 5.13 Å². The van der Waals surface area contributed by atoms with Gasteiger partial charge in [0, 0.05) is 17.1 Å². The lowest BCUT2D eigenvalue weighted by atomic mass is 10.2. The van der Waals surface area contributed by atoms with E-state index in [9.17, 15) is 0 Å². The molecular formula is C9H8BrN3S. The summed E-state index contributed by atoms with van der Waals surface area (Å²) in [6, 6.07) is 8.03. The number of halogens is 1. The summed E-state index contributed by atoms with van der Waals surface area (Å²) in [5.41, 5.74) is 1.09. The monoisotopic (exact) mass is 269 g/mol.